The van der Waals surface area contributed by atoms with Crippen molar-refractivity contribution in [2.75, 3.05) is 18.5 Å². The first-order chi connectivity index (χ1) is 9.60. The third kappa shape index (κ3) is 3.66. The first-order valence-corrected chi connectivity index (χ1v) is 6.99. The van der Waals surface area contributed by atoms with Crippen molar-refractivity contribution in [1.29, 1.82) is 0 Å². The van der Waals surface area contributed by atoms with Crippen molar-refractivity contribution < 1.29 is 14.3 Å². The molecule has 0 radical (unpaired) electrons. The standard InChI is InChI=1S/C14H21N3O3/c1-4-19-13(18)12-8-15-14(16-10(12)3)17-11-5-6-20-9(2)7-11/h8-9,11H,4-7H2,1-3H3,(H,15,16,17). The minimum atomic E-state index is -0.378. The Hall–Kier alpha value is -1.69. The molecule has 0 bridgehead atoms. The summed E-state index contributed by atoms with van der Waals surface area (Å²) >= 11 is 0. The fourth-order valence-electron chi connectivity index (χ4n) is 2.26. The van der Waals surface area contributed by atoms with E-state index in [1.54, 1.807) is 13.8 Å². The average molecular weight is 279 g/mol. The van der Waals surface area contributed by atoms with E-state index in [0.717, 1.165) is 19.4 Å². The highest BCUT2D eigenvalue weighted by Gasteiger charge is 2.20. The largest absolute Gasteiger partial charge is 0.462 e. The Morgan fingerprint density at radius 1 is 1.60 bits per heavy atom. The van der Waals surface area contributed by atoms with Gasteiger partial charge in [-0.1, -0.05) is 0 Å². The van der Waals surface area contributed by atoms with Crippen molar-refractivity contribution in [3.05, 3.63) is 17.5 Å². The normalized spacial score (nSPS) is 22.4. The Kier molecular flexibility index (Phi) is 4.89. The van der Waals surface area contributed by atoms with E-state index < -0.39 is 0 Å². The molecule has 2 atom stereocenters. The Balaban J connectivity index is 2.03. The van der Waals surface area contributed by atoms with E-state index in [1.807, 2.05) is 0 Å². The predicted octanol–water partition coefficient (Wildman–Crippen LogP) is 1.94. The first kappa shape index (κ1) is 14.7. The number of carbonyl (C=O) groups excluding carboxylic acids is 1. The lowest BCUT2D eigenvalue weighted by Crippen LogP contribution is -2.33. The molecule has 0 aromatic carbocycles. The average Bonchev–Trinajstić information content (AvgIpc) is 2.39. The number of aromatic nitrogens is 2. The summed E-state index contributed by atoms with van der Waals surface area (Å²) in [5, 5.41) is 3.30. The minimum Gasteiger partial charge on any atom is -0.462 e. The Morgan fingerprint density at radius 3 is 3.05 bits per heavy atom. The van der Waals surface area contributed by atoms with Gasteiger partial charge < -0.3 is 14.8 Å². The van der Waals surface area contributed by atoms with Gasteiger partial charge in [0, 0.05) is 18.8 Å². The number of hydrogen-bond donors (Lipinski definition) is 1. The summed E-state index contributed by atoms with van der Waals surface area (Å²) in [6.45, 7) is 6.71. The molecule has 1 aliphatic heterocycles. The number of nitrogens with one attached hydrogen (secondary N) is 1. The highest BCUT2D eigenvalue weighted by atomic mass is 16.5. The topological polar surface area (TPSA) is 73.3 Å². The molecule has 110 valence electrons. The lowest BCUT2D eigenvalue weighted by atomic mass is 10.0. The van der Waals surface area contributed by atoms with E-state index in [9.17, 15) is 4.79 Å². The van der Waals surface area contributed by atoms with E-state index in [2.05, 4.69) is 22.2 Å². The van der Waals surface area contributed by atoms with Crippen LogP contribution in [0.5, 0.6) is 0 Å². The zero-order chi connectivity index (χ0) is 14.5. The second kappa shape index (κ2) is 6.65. The van der Waals surface area contributed by atoms with Crippen LogP contribution in [0.4, 0.5) is 5.95 Å². The van der Waals surface area contributed by atoms with Crippen LogP contribution in [0.3, 0.4) is 0 Å². The van der Waals surface area contributed by atoms with Crippen LogP contribution in [0.2, 0.25) is 0 Å². The maximum atomic E-state index is 11.7. The van der Waals surface area contributed by atoms with Gasteiger partial charge in [-0.2, -0.15) is 0 Å². The third-order valence-electron chi connectivity index (χ3n) is 3.29. The molecule has 1 aromatic heterocycles. The molecular weight excluding hydrogens is 258 g/mol. The lowest BCUT2D eigenvalue weighted by molar-refractivity contribution is 0.0231. The van der Waals surface area contributed by atoms with Crippen molar-refractivity contribution >= 4 is 11.9 Å². The highest BCUT2D eigenvalue weighted by Crippen LogP contribution is 2.17. The monoisotopic (exact) mass is 279 g/mol. The van der Waals surface area contributed by atoms with Gasteiger partial charge in [-0.3, -0.25) is 0 Å². The predicted molar refractivity (Wildman–Crippen MR) is 74.8 cm³/mol. The summed E-state index contributed by atoms with van der Waals surface area (Å²) in [6, 6.07) is 0.312. The molecule has 0 saturated carbocycles. The van der Waals surface area contributed by atoms with Gasteiger partial charge in [-0.15, -0.1) is 0 Å². The molecule has 20 heavy (non-hydrogen) atoms. The van der Waals surface area contributed by atoms with Crippen LogP contribution in [0.25, 0.3) is 0 Å². The molecule has 0 aliphatic carbocycles. The van der Waals surface area contributed by atoms with Gasteiger partial charge in [0.2, 0.25) is 5.95 Å². The summed E-state index contributed by atoms with van der Waals surface area (Å²) in [5.41, 5.74) is 1.04. The smallest absolute Gasteiger partial charge is 0.341 e. The Bertz CT molecular complexity index is 479. The fraction of sp³-hybridized carbons (Fsp3) is 0.643. The van der Waals surface area contributed by atoms with Crippen molar-refractivity contribution in [2.24, 2.45) is 0 Å². The number of ether oxygens (including phenoxy) is 2. The number of aryl methyl sites for hydroxylation is 1. The van der Waals surface area contributed by atoms with Gasteiger partial charge in [0.05, 0.1) is 24.0 Å². The fourth-order valence-corrected chi connectivity index (χ4v) is 2.26. The third-order valence-corrected chi connectivity index (χ3v) is 3.29. The molecule has 6 nitrogen and oxygen atoms in total. The molecule has 2 unspecified atom stereocenters. The summed E-state index contributed by atoms with van der Waals surface area (Å²) < 4.78 is 10.5. The van der Waals surface area contributed by atoms with E-state index in [4.69, 9.17) is 9.47 Å². The van der Waals surface area contributed by atoms with Gasteiger partial charge in [0.1, 0.15) is 0 Å². The SMILES string of the molecule is CCOC(=O)c1cnc(NC2CCOC(C)C2)nc1C. The molecular formula is C14H21N3O3. The van der Waals surface area contributed by atoms with E-state index in [-0.39, 0.29) is 12.1 Å². The van der Waals surface area contributed by atoms with Crippen LogP contribution in [-0.4, -0.2) is 41.3 Å². The van der Waals surface area contributed by atoms with Gasteiger partial charge in [0.25, 0.3) is 0 Å². The van der Waals surface area contributed by atoms with Crippen LogP contribution < -0.4 is 5.32 Å². The van der Waals surface area contributed by atoms with Crippen LogP contribution >= 0.6 is 0 Å². The number of carbonyl (C=O) groups is 1. The van der Waals surface area contributed by atoms with E-state index in [0.29, 0.717) is 29.9 Å². The van der Waals surface area contributed by atoms with Gasteiger partial charge in [-0.05, 0) is 33.6 Å². The summed E-state index contributed by atoms with van der Waals surface area (Å²) in [7, 11) is 0. The second-order valence-corrected chi connectivity index (χ2v) is 4.96. The van der Waals surface area contributed by atoms with Gasteiger partial charge in [0.15, 0.2) is 0 Å². The zero-order valence-electron chi connectivity index (χ0n) is 12.2. The minimum absolute atomic E-state index is 0.251. The Morgan fingerprint density at radius 2 is 2.40 bits per heavy atom. The summed E-state index contributed by atoms with van der Waals surface area (Å²) in [4.78, 5) is 20.2. The molecule has 0 amide bonds. The number of anilines is 1. The molecule has 1 N–H and O–H groups in total. The number of hydrogen-bond acceptors (Lipinski definition) is 6. The summed E-state index contributed by atoms with van der Waals surface area (Å²) in [5.74, 6) is 0.172. The van der Waals surface area contributed by atoms with Crippen molar-refractivity contribution in [2.45, 2.75) is 45.8 Å². The molecule has 1 aliphatic rings. The number of esters is 1. The molecule has 6 heteroatoms. The summed E-state index contributed by atoms with van der Waals surface area (Å²) in [6.07, 6.45) is 3.64. The van der Waals surface area contributed by atoms with Crippen LogP contribution in [0.1, 0.15) is 42.7 Å². The van der Waals surface area contributed by atoms with Gasteiger partial charge >= 0.3 is 5.97 Å². The second-order valence-electron chi connectivity index (χ2n) is 4.96. The maximum Gasteiger partial charge on any atom is 0.341 e. The molecule has 2 rings (SSSR count). The van der Waals surface area contributed by atoms with Crippen LogP contribution in [0, 0.1) is 6.92 Å². The maximum absolute atomic E-state index is 11.7. The highest BCUT2D eigenvalue weighted by molar-refractivity contribution is 5.90. The van der Waals surface area contributed by atoms with Crippen molar-refractivity contribution in [1.82, 2.24) is 9.97 Å². The van der Waals surface area contributed by atoms with Crippen LogP contribution in [-0.2, 0) is 9.47 Å². The molecule has 1 aromatic rings. The molecule has 0 spiro atoms. The zero-order valence-corrected chi connectivity index (χ0v) is 12.2. The Labute approximate surface area is 118 Å². The molecule has 1 saturated heterocycles. The lowest BCUT2D eigenvalue weighted by Gasteiger charge is -2.27. The molecule has 2 heterocycles. The quantitative estimate of drug-likeness (QED) is 0.849. The first-order valence-electron chi connectivity index (χ1n) is 6.99. The van der Waals surface area contributed by atoms with E-state index >= 15 is 0 Å². The van der Waals surface area contributed by atoms with Crippen molar-refractivity contribution in [3.63, 3.8) is 0 Å². The van der Waals surface area contributed by atoms with Crippen molar-refractivity contribution in [3.8, 4) is 0 Å². The number of rotatable bonds is 4. The van der Waals surface area contributed by atoms with E-state index in [1.165, 1.54) is 6.20 Å². The molecule has 1 fully saturated rings. The van der Waals surface area contributed by atoms with Crippen LogP contribution in [0.15, 0.2) is 6.20 Å². The van der Waals surface area contributed by atoms with Gasteiger partial charge in [-0.25, -0.2) is 14.8 Å². The number of nitrogens with zero attached hydrogens (tertiary/aromatic N) is 2.